The second-order valence-electron chi connectivity index (χ2n) is 5.35. The molecule has 0 aromatic carbocycles. The Bertz CT molecular complexity index is 607. The SMILES string of the molecule is Cc1cccnc1CN1C(=O)NC(=O)C2(CCC2)C1=O. The number of amides is 4. The first kappa shape index (κ1) is 12.8. The summed E-state index contributed by atoms with van der Waals surface area (Å²) in [7, 11) is 0. The van der Waals surface area contributed by atoms with Crippen molar-refractivity contribution < 1.29 is 14.4 Å². The standard InChI is InChI=1S/C14H15N3O3/c1-9-4-2-7-15-10(9)8-17-12(19)14(5-3-6-14)11(18)16-13(17)20/h2,4,7H,3,5-6,8H2,1H3,(H,16,18,20). The number of carbonyl (C=O) groups is 3. The summed E-state index contributed by atoms with van der Waals surface area (Å²) in [5, 5.41) is 2.29. The molecule has 1 aromatic rings. The molecule has 1 aromatic heterocycles. The molecule has 2 heterocycles. The van der Waals surface area contributed by atoms with Gasteiger partial charge in [-0.2, -0.15) is 0 Å². The largest absolute Gasteiger partial charge is 0.331 e. The number of imide groups is 2. The highest BCUT2D eigenvalue weighted by molar-refractivity contribution is 6.19. The van der Waals surface area contributed by atoms with E-state index >= 15 is 0 Å². The topological polar surface area (TPSA) is 79.4 Å². The molecule has 1 saturated carbocycles. The average molecular weight is 273 g/mol. The van der Waals surface area contributed by atoms with Gasteiger partial charge in [0.15, 0.2) is 0 Å². The summed E-state index contributed by atoms with van der Waals surface area (Å²) in [6.07, 6.45) is 3.49. The molecule has 0 atom stereocenters. The highest BCUT2D eigenvalue weighted by Gasteiger charge is 2.57. The third kappa shape index (κ3) is 1.71. The van der Waals surface area contributed by atoms with Crippen LogP contribution >= 0.6 is 0 Å². The fourth-order valence-electron chi connectivity index (χ4n) is 2.68. The molecule has 2 fully saturated rings. The molecule has 1 saturated heterocycles. The number of aromatic nitrogens is 1. The third-order valence-electron chi connectivity index (χ3n) is 4.19. The number of barbiturate groups is 1. The molecule has 4 amide bonds. The monoisotopic (exact) mass is 273 g/mol. The molecular formula is C14H15N3O3. The fourth-order valence-corrected chi connectivity index (χ4v) is 2.68. The van der Waals surface area contributed by atoms with Gasteiger partial charge in [-0.05, 0) is 31.4 Å². The number of urea groups is 1. The first-order valence-electron chi connectivity index (χ1n) is 6.62. The number of aryl methyl sites for hydroxylation is 1. The molecule has 0 bridgehead atoms. The van der Waals surface area contributed by atoms with Crippen LogP contribution in [0.3, 0.4) is 0 Å². The highest BCUT2D eigenvalue weighted by atomic mass is 16.2. The molecule has 0 radical (unpaired) electrons. The predicted octanol–water partition coefficient (Wildman–Crippen LogP) is 1.14. The lowest BCUT2D eigenvalue weighted by Gasteiger charge is -2.44. The van der Waals surface area contributed by atoms with Crippen LogP contribution in [-0.2, 0) is 16.1 Å². The lowest BCUT2D eigenvalue weighted by atomic mass is 9.66. The summed E-state index contributed by atoms with van der Waals surface area (Å²) in [6.45, 7) is 1.98. The lowest BCUT2D eigenvalue weighted by molar-refractivity contribution is -0.158. The number of nitrogens with one attached hydrogen (secondary N) is 1. The van der Waals surface area contributed by atoms with Crippen molar-refractivity contribution in [3.8, 4) is 0 Å². The van der Waals surface area contributed by atoms with E-state index in [1.165, 1.54) is 0 Å². The van der Waals surface area contributed by atoms with Crippen LogP contribution in [0.15, 0.2) is 18.3 Å². The van der Waals surface area contributed by atoms with Gasteiger partial charge in [0.05, 0.1) is 12.2 Å². The van der Waals surface area contributed by atoms with Gasteiger partial charge in [-0.15, -0.1) is 0 Å². The van der Waals surface area contributed by atoms with E-state index in [-0.39, 0.29) is 12.5 Å². The molecule has 6 nitrogen and oxygen atoms in total. The van der Waals surface area contributed by atoms with Crippen molar-refractivity contribution in [1.82, 2.24) is 15.2 Å². The Labute approximate surface area is 116 Å². The minimum atomic E-state index is -1.02. The van der Waals surface area contributed by atoms with Gasteiger partial charge in [-0.3, -0.25) is 24.8 Å². The van der Waals surface area contributed by atoms with E-state index in [0.29, 0.717) is 18.5 Å². The smallest absolute Gasteiger partial charge is 0.277 e. The van der Waals surface area contributed by atoms with Crippen LogP contribution in [0.4, 0.5) is 4.79 Å². The summed E-state index contributed by atoms with van der Waals surface area (Å²) < 4.78 is 0. The maximum atomic E-state index is 12.5. The molecule has 6 heteroatoms. The molecular weight excluding hydrogens is 258 g/mol. The van der Waals surface area contributed by atoms with E-state index in [0.717, 1.165) is 16.9 Å². The summed E-state index contributed by atoms with van der Waals surface area (Å²) >= 11 is 0. The van der Waals surface area contributed by atoms with Gasteiger partial charge in [0.2, 0.25) is 11.8 Å². The van der Waals surface area contributed by atoms with Crippen LogP contribution in [-0.4, -0.2) is 27.7 Å². The Kier molecular flexibility index (Phi) is 2.81. The van der Waals surface area contributed by atoms with Gasteiger partial charge >= 0.3 is 6.03 Å². The van der Waals surface area contributed by atoms with Crippen LogP contribution < -0.4 is 5.32 Å². The number of nitrogens with zero attached hydrogens (tertiary/aromatic N) is 2. The van der Waals surface area contributed by atoms with Crippen molar-refractivity contribution in [1.29, 1.82) is 0 Å². The Morgan fingerprint density at radius 1 is 1.35 bits per heavy atom. The molecule has 1 spiro atoms. The summed E-state index contributed by atoms with van der Waals surface area (Å²) in [6, 6.07) is 3.02. The fraction of sp³-hybridized carbons (Fsp3) is 0.429. The number of hydrogen-bond donors (Lipinski definition) is 1. The Morgan fingerprint density at radius 3 is 2.70 bits per heavy atom. The van der Waals surface area contributed by atoms with Gasteiger partial charge in [0.1, 0.15) is 5.41 Å². The van der Waals surface area contributed by atoms with Crippen molar-refractivity contribution in [2.45, 2.75) is 32.7 Å². The minimum absolute atomic E-state index is 0.104. The van der Waals surface area contributed by atoms with E-state index in [4.69, 9.17) is 0 Å². The number of hydrogen-bond acceptors (Lipinski definition) is 4. The van der Waals surface area contributed by atoms with Crippen molar-refractivity contribution in [2.75, 3.05) is 0 Å². The number of pyridine rings is 1. The highest BCUT2D eigenvalue weighted by Crippen LogP contribution is 2.44. The molecule has 3 rings (SSSR count). The molecule has 104 valence electrons. The van der Waals surface area contributed by atoms with Crippen molar-refractivity contribution >= 4 is 17.8 Å². The van der Waals surface area contributed by atoms with Crippen LogP contribution in [0.5, 0.6) is 0 Å². The first-order chi connectivity index (χ1) is 9.54. The second-order valence-corrected chi connectivity index (χ2v) is 5.35. The molecule has 0 unspecified atom stereocenters. The molecule has 2 aliphatic rings. The Balaban J connectivity index is 1.89. The molecule has 1 N–H and O–H groups in total. The second kappa shape index (κ2) is 4.40. The quantitative estimate of drug-likeness (QED) is 0.819. The van der Waals surface area contributed by atoms with Crippen molar-refractivity contribution in [3.63, 3.8) is 0 Å². The molecule has 20 heavy (non-hydrogen) atoms. The lowest BCUT2D eigenvalue weighted by Crippen LogP contribution is -2.65. The normalized spacial score (nSPS) is 20.9. The Morgan fingerprint density at radius 2 is 2.10 bits per heavy atom. The van der Waals surface area contributed by atoms with Crippen molar-refractivity contribution in [2.24, 2.45) is 5.41 Å². The zero-order valence-electron chi connectivity index (χ0n) is 11.2. The predicted molar refractivity (Wildman–Crippen MR) is 69.3 cm³/mol. The Hall–Kier alpha value is -2.24. The van der Waals surface area contributed by atoms with Gasteiger partial charge in [-0.1, -0.05) is 12.5 Å². The number of rotatable bonds is 2. The maximum Gasteiger partial charge on any atom is 0.331 e. The van der Waals surface area contributed by atoms with Gasteiger partial charge < -0.3 is 0 Å². The van der Waals surface area contributed by atoms with Crippen LogP contribution in [0.2, 0.25) is 0 Å². The van der Waals surface area contributed by atoms with Gasteiger partial charge in [0, 0.05) is 6.20 Å². The molecule has 1 aliphatic carbocycles. The van der Waals surface area contributed by atoms with Crippen LogP contribution in [0, 0.1) is 12.3 Å². The minimum Gasteiger partial charge on any atom is -0.277 e. The zero-order chi connectivity index (χ0) is 14.3. The number of carbonyl (C=O) groups excluding carboxylic acids is 3. The van der Waals surface area contributed by atoms with E-state index < -0.39 is 17.4 Å². The third-order valence-corrected chi connectivity index (χ3v) is 4.19. The summed E-state index contributed by atoms with van der Waals surface area (Å²) in [4.78, 5) is 41.6. The van der Waals surface area contributed by atoms with Gasteiger partial charge in [-0.25, -0.2) is 4.79 Å². The zero-order valence-corrected chi connectivity index (χ0v) is 11.2. The van der Waals surface area contributed by atoms with Gasteiger partial charge in [0.25, 0.3) is 0 Å². The average Bonchev–Trinajstić information content (AvgIpc) is 2.34. The van der Waals surface area contributed by atoms with Crippen molar-refractivity contribution in [3.05, 3.63) is 29.6 Å². The van der Waals surface area contributed by atoms with E-state index in [1.807, 2.05) is 13.0 Å². The molecule has 1 aliphatic heterocycles. The van der Waals surface area contributed by atoms with E-state index in [2.05, 4.69) is 10.3 Å². The summed E-state index contributed by atoms with van der Waals surface area (Å²) in [5.74, 6) is -0.838. The summed E-state index contributed by atoms with van der Waals surface area (Å²) in [5.41, 5.74) is 0.559. The maximum absolute atomic E-state index is 12.5. The first-order valence-corrected chi connectivity index (χ1v) is 6.62. The van der Waals surface area contributed by atoms with E-state index in [9.17, 15) is 14.4 Å². The van der Waals surface area contributed by atoms with Crippen LogP contribution in [0.25, 0.3) is 0 Å². The van der Waals surface area contributed by atoms with E-state index in [1.54, 1.807) is 12.3 Å². The van der Waals surface area contributed by atoms with Crippen LogP contribution in [0.1, 0.15) is 30.5 Å².